The van der Waals surface area contributed by atoms with Gasteiger partial charge in [-0.2, -0.15) is 0 Å². The molecule has 32 heavy (non-hydrogen) atoms. The van der Waals surface area contributed by atoms with Crippen molar-refractivity contribution in [1.29, 1.82) is 0 Å². The maximum Gasteiger partial charge on any atom is 0.217 e. The minimum Gasteiger partial charge on any atom is -0.726 e. The van der Waals surface area contributed by atoms with E-state index in [-0.39, 0.29) is 6.61 Å². The van der Waals surface area contributed by atoms with Crippen LogP contribution >= 0.6 is 0 Å². The number of rotatable bonds is 19. The Bertz CT molecular complexity index is 505. The van der Waals surface area contributed by atoms with Gasteiger partial charge in [-0.1, -0.05) is 84.0 Å². The van der Waals surface area contributed by atoms with Crippen molar-refractivity contribution in [3.63, 3.8) is 0 Å². The molecule has 0 aromatic rings. The van der Waals surface area contributed by atoms with E-state index in [0.717, 1.165) is 6.54 Å². The van der Waals surface area contributed by atoms with Crippen LogP contribution < -0.4 is 4.90 Å². The van der Waals surface area contributed by atoms with E-state index in [9.17, 15) is 18.1 Å². The molecule has 0 spiro atoms. The average molecular weight is 481 g/mol. The molecule has 0 saturated carbocycles. The number of quaternary nitrogens is 1. The lowest BCUT2D eigenvalue weighted by molar-refractivity contribution is -0.917. The van der Waals surface area contributed by atoms with Gasteiger partial charge in [0.05, 0.1) is 32.8 Å². The minimum atomic E-state index is -4.42. The van der Waals surface area contributed by atoms with E-state index in [1.165, 1.54) is 116 Å². The van der Waals surface area contributed by atoms with Gasteiger partial charge in [0.2, 0.25) is 10.4 Å². The van der Waals surface area contributed by atoms with E-state index in [1.54, 1.807) is 4.90 Å². The summed E-state index contributed by atoms with van der Waals surface area (Å²) in [5, 5.41) is 9.24. The topological polar surface area (TPSA) is 94.3 Å². The molecule has 0 amide bonds. The molecule has 0 radical (unpaired) electrons. The maximum absolute atomic E-state index is 9.45. The van der Waals surface area contributed by atoms with Crippen LogP contribution in [0, 0.1) is 0 Å². The first kappa shape index (κ1) is 31.8. The molecule has 7 nitrogen and oxygen atoms in total. The number of aliphatic hydroxyl groups excluding tert-OH is 1. The summed E-state index contributed by atoms with van der Waals surface area (Å²) in [7, 11) is -4.42. The van der Waals surface area contributed by atoms with Crippen molar-refractivity contribution >= 4 is 10.4 Å². The van der Waals surface area contributed by atoms with Gasteiger partial charge in [-0.15, -0.1) is 0 Å². The van der Waals surface area contributed by atoms with Gasteiger partial charge < -0.3 is 14.6 Å². The Kier molecular flexibility index (Phi) is 21.1. The molecule has 2 N–H and O–H groups in total. The van der Waals surface area contributed by atoms with Crippen molar-refractivity contribution in [2.45, 2.75) is 117 Å². The number of unbranched alkanes of at least 4 members (excludes halogenated alkanes) is 12. The van der Waals surface area contributed by atoms with Crippen LogP contribution in [0.25, 0.3) is 0 Å². The fraction of sp³-hybridized carbons (Fsp3) is 1.00. The molecule has 2 unspecified atom stereocenters. The number of β-amino-alcohol motifs (C(OH)–C–C–N with tert-alkyl or cyclic N) is 1. The van der Waals surface area contributed by atoms with Gasteiger partial charge in [0.25, 0.3) is 0 Å². The zero-order chi connectivity index (χ0) is 24.1. The predicted molar refractivity (Wildman–Crippen MR) is 130 cm³/mol. The number of aliphatic hydroxyl groups is 1. The molecule has 0 aliphatic carbocycles. The zero-order valence-electron chi connectivity index (χ0n) is 21.2. The number of likely N-dealkylation sites (N-methyl/N-ethyl adjacent to an activating group) is 1. The first-order valence-electron chi connectivity index (χ1n) is 13.2. The molecule has 194 valence electrons. The van der Waals surface area contributed by atoms with E-state index in [2.05, 4.69) is 22.9 Å². The Labute approximate surface area is 198 Å². The van der Waals surface area contributed by atoms with Gasteiger partial charge >= 0.3 is 0 Å². The van der Waals surface area contributed by atoms with Crippen molar-refractivity contribution in [2.24, 2.45) is 0 Å². The van der Waals surface area contributed by atoms with Gasteiger partial charge in [0.1, 0.15) is 6.17 Å². The zero-order valence-corrected chi connectivity index (χ0v) is 22.0. The second-order valence-electron chi connectivity index (χ2n) is 8.88. The Balaban J connectivity index is 0.00000118. The van der Waals surface area contributed by atoms with Gasteiger partial charge in [0, 0.05) is 13.0 Å². The number of hydrogen-bond acceptors (Lipinski definition) is 6. The maximum atomic E-state index is 9.45. The molecular formula is C24H52N2O5S. The predicted octanol–water partition coefficient (Wildman–Crippen LogP) is 3.49. The molecule has 8 heteroatoms. The van der Waals surface area contributed by atoms with Crippen LogP contribution in [0.1, 0.15) is 111 Å². The Morgan fingerprint density at radius 2 is 1.41 bits per heavy atom. The smallest absolute Gasteiger partial charge is 0.217 e. The standard InChI is InChI=1S/C22H46N2O.C2H6O4S/c1-3-5-6-7-8-9-10-11-12-13-14-15-16-17-22-23(4-2)18-19-24(22)20-21-25;1-2-6-7(3,4)5/h22,25H,3-21H2,1-2H3;2H2,1H3,(H,3,4,5). The van der Waals surface area contributed by atoms with Crippen molar-refractivity contribution in [3.8, 4) is 0 Å². The van der Waals surface area contributed by atoms with Gasteiger partial charge in [0.15, 0.2) is 0 Å². The van der Waals surface area contributed by atoms with Crippen molar-refractivity contribution in [1.82, 2.24) is 4.90 Å². The van der Waals surface area contributed by atoms with E-state index >= 15 is 0 Å². The fourth-order valence-electron chi connectivity index (χ4n) is 4.56. The monoisotopic (exact) mass is 480 g/mol. The average Bonchev–Trinajstić information content (AvgIpc) is 3.13. The largest absolute Gasteiger partial charge is 0.726 e. The number of hydrogen-bond donors (Lipinski definition) is 2. The van der Waals surface area contributed by atoms with Crippen LogP contribution in [-0.4, -0.2) is 68.5 Å². The highest BCUT2D eigenvalue weighted by atomic mass is 32.3. The number of nitrogens with one attached hydrogen (secondary N) is 1. The van der Waals surface area contributed by atoms with Gasteiger partial charge in [-0.25, -0.2) is 13.3 Å². The molecule has 1 heterocycles. The molecular weight excluding hydrogens is 428 g/mol. The van der Waals surface area contributed by atoms with Crippen LogP contribution in [0.15, 0.2) is 0 Å². The Morgan fingerprint density at radius 3 is 1.78 bits per heavy atom. The normalized spacial score (nSPS) is 19.2. The van der Waals surface area contributed by atoms with E-state index in [4.69, 9.17) is 0 Å². The lowest BCUT2D eigenvalue weighted by atomic mass is 10.0. The minimum absolute atomic E-state index is 0.0914. The quantitative estimate of drug-likeness (QED) is 0.167. The highest BCUT2D eigenvalue weighted by Crippen LogP contribution is 2.14. The van der Waals surface area contributed by atoms with Crippen LogP contribution in [0.3, 0.4) is 0 Å². The number of nitrogens with zero attached hydrogens (tertiary/aromatic N) is 1. The second kappa shape index (κ2) is 21.3. The molecule has 0 bridgehead atoms. The van der Waals surface area contributed by atoms with E-state index in [0.29, 0.717) is 12.8 Å². The molecule has 2 atom stereocenters. The summed E-state index contributed by atoms with van der Waals surface area (Å²) >= 11 is 0. The summed E-state index contributed by atoms with van der Waals surface area (Å²) in [6, 6.07) is 0. The third kappa shape index (κ3) is 18.2. The van der Waals surface area contributed by atoms with Crippen LogP contribution in [0.2, 0.25) is 0 Å². The molecule has 1 saturated heterocycles. The van der Waals surface area contributed by atoms with Crippen LogP contribution in [-0.2, 0) is 14.6 Å². The summed E-state index contributed by atoms with van der Waals surface area (Å²) in [5.41, 5.74) is 0. The Hall–Kier alpha value is -0.250. The lowest BCUT2D eigenvalue weighted by Gasteiger charge is -2.26. The van der Waals surface area contributed by atoms with Crippen molar-refractivity contribution < 1.29 is 27.2 Å². The highest BCUT2D eigenvalue weighted by Gasteiger charge is 2.33. The summed E-state index contributed by atoms with van der Waals surface area (Å²) < 4.78 is 32.0. The van der Waals surface area contributed by atoms with Crippen LogP contribution in [0.5, 0.6) is 0 Å². The molecule has 0 aromatic heterocycles. The van der Waals surface area contributed by atoms with E-state index < -0.39 is 10.4 Å². The van der Waals surface area contributed by atoms with Gasteiger partial charge in [-0.3, -0.25) is 4.18 Å². The highest BCUT2D eigenvalue weighted by molar-refractivity contribution is 7.80. The molecule has 0 aromatic carbocycles. The van der Waals surface area contributed by atoms with Crippen molar-refractivity contribution in [3.05, 3.63) is 0 Å². The van der Waals surface area contributed by atoms with Gasteiger partial charge in [-0.05, 0) is 20.3 Å². The SMILES string of the molecule is CCCCCCCCCCCCCCCC1N(CCO)CC[NH+]1CC.CCOS(=O)(=O)[O-]. The summed E-state index contributed by atoms with van der Waals surface area (Å²) in [5.74, 6) is 0. The van der Waals surface area contributed by atoms with E-state index in [1.807, 2.05) is 0 Å². The van der Waals surface area contributed by atoms with Crippen molar-refractivity contribution in [2.75, 3.05) is 39.4 Å². The van der Waals surface area contributed by atoms with Crippen LogP contribution in [0.4, 0.5) is 0 Å². The fourth-order valence-corrected chi connectivity index (χ4v) is 4.85. The third-order valence-corrected chi connectivity index (χ3v) is 6.84. The molecule has 1 aliphatic heterocycles. The lowest BCUT2D eigenvalue weighted by Crippen LogP contribution is -3.14. The molecule has 1 rings (SSSR count). The summed E-state index contributed by atoms with van der Waals surface area (Å²) in [4.78, 5) is 4.24. The molecule has 1 fully saturated rings. The summed E-state index contributed by atoms with van der Waals surface area (Å²) in [6.45, 7) is 10.8. The first-order valence-corrected chi connectivity index (χ1v) is 14.5. The molecule has 1 aliphatic rings. The third-order valence-electron chi connectivity index (χ3n) is 6.32. The first-order chi connectivity index (χ1) is 15.4. The second-order valence-corrected chi connectivity index (χ2v) is 9.94. The Morgan fingerprint density at radius 1 is 0.906 bits per heavy atom. The summed E-state index contributed by atoms with van der Waals surface area (Å²) in [6.07, 6.45) is 20.6.